The molecule has 2 aromatic rings. The van der Waals surface area contributed by atoms with Gasteiger partial charge in [-0.2, -0.15) is 0 Å². The van der Waals surface area contributed by atoms with Crippen molar-refractivity contribution in [1.82, 2.24) is 5.32 Å². The maximum atomic E-state index is 11.8. The molecule has 23 heavy (non-hydrogen) atoms. The van der Waals surface area contributed by atoms with Crippen LogP contribution in [0.3, 0.4) is 0 Å². The number of nitro groups is 1. The highest BCUT2D eigenvalue weighted by Crippen LogP contribution is 2.18. The third-order valence-electron chi connectivity index (χ3n) is 2.96. The second-order valence-corrected chi connectivity index (χ2v) is 4.95. The van der Waals surface area contributed by atoms with Crippen molar-refractivity contribution in [2.45, 2.75) is 13.0 Å². The van der Waals surface area contributed by atoms with Crippen molar-refractivity contribution in [2.75, 3.05) is 6.54 Å². The summed E-state index contributed by atoms with van der Waals surface area (Å²) in [7, 11) is 0. The van der Waals surface area contributed by atoms with E-state index in [9.17, 15) is 14.9 Å². The third kappa shape index (κ3) is 4.79. The monoisotopic (exact) mass is 316 g/mol. The summed E-state index contributed by atoms with van der Waals surface area (Å²) in [6.07, 6.45) is 2.73. The van der Waals surface area contributed by atoms with Crippen molar-refractivity contribution >= 4 is 23.9 Å². The number of amides is 1. The quantitative estimate of drug-likeness (QED) is 0.629. The van der Waals surface area contributed by atoms with Crippen LogP contribution in [0.5, 0.6) is 0 Å². The van der Waals surface area contributed by atoms with E-state index in [1.807, 2.05) is 0 Å². The fourth-order valence-corrected chi connectivity index (χ4v) is 1.80. The lowest BCUT2D eigenvalue weighted by Crippen LogP contribution is -2.30. The second kappa shape index (κ2) is 7.37. The molecular weight excluding hydrogens is 300 g/mol. The summed E-state index contributed by atoms with van der Waals surface area (Å²) in [5, 5.41) is 22.3. The average Bonchev–Trinajstić information content (AvgIpc) is 3.00. The van der Waals surface area contributed by atoms with Crippen molar-refractivity contribution in [3.63, 3.8) is 0 Å². The number of benzene rings is 1. The molecule has 0 radical (unpaired) electrons. The Bertz CT molecular complexity index is 716. The van der Waals surface area contributed by atoms with Gasteiger partial charge in [-0.25, -0.2) is 0 Å². The highest BCUT2D eigenvalue weighted by molar-refractivity contribution is 5.94. The predicted octanol–water partition coefficient (Wildman–Crippen LogP) is 2.47. The Morgan fingerprint density at radius 1 is 1.30 bits per heavy atom. The van der Waals surface area contributed by atoms with Gasteiger partial charge in [0.1, 0.15) is 10.7 Å². The van der Waals surface area contributed by atoms with Gasteiger partial charge in [0.05, 0.1) is 12.2 Å². The molecule has 0 spiro atoms. The number of furan rings is 1. The topological polar surface area (TPSA) is 106 Å². The van der Waals surface area contributed by atoms with E-state index in [-0.39, 0.29) is 18.3 Å². The lowest BCUT2D eigenvalue weighted by Gasteiger charge is -2.07. The van der Waals surface area contributed by atoms with E-state index in [1.165, 1.54) is 12.1 Å². The first-order valence-electron chi connectivity index (χ1n) is 6.94. The van der Waals surface area contributed by atoms with Crippen molar-refractivity contribution in [3.8, 4) is 0 Å². The molecule has 0 aliphatic rings. The lowest BCUT2D eigenvalue weighted by atomic mass is 10.1. The van der Waals surface area contributed by atoms with E-state index in [2.05, 4.69) is 5.32 Å². The minimum atomic E-state index is -0.599. The van der Waals surface area contributed by atoms with Gasteiger partial charge >= 0.3 is 5.88 Å². The van der Waals surface area contributed by atoms with Crippen molar-refractivity contribution in [3.05, 3.63) is 63.4 Å². The van der Waals surface area contributed by atoms with Gasteiger partial charge < -0.3 is 14.8 Å². The van der Waals surface area contributed by atoms with Gasteiger partial charge in [0.15, 0.2) is 0 Å². The number of hydrogen-bond acceptors (Lipinski definition) is 5. The standard InChI is InChI=1S/C16H16N2O5/c1-11(19)10-17-16(20)13-5-2-12(3-6-13)4-7-14-8-9-15(23-14)18(21)22/h2-9,11,19H,10H2,1H3,(H,17,20)/b7-4+. The number of aliphatic hydroxyl groups is 1. The minimum Gasteiger partial charge on any atom is -0.401 e. The van der Waals surface area contributed by atoms with Crippen LogP contribution >= 0.6 is 0 Å². The first kappa shape index (κ1) is 16.4. The first-order valence-corrected chi connectivity index (χ1v) is 6.94. The van der Waals surface area contributed by atoms with Gasteiger partial charge in [0.25, 0.3) is 5.91 Å². The molecule has 1 atom stereocenters. The Hall–Kier alpha value is -2.93. The average molecular weight is 316 g/mol. The van der Waals surface area contributed by atoms with Gasteiger partial charge in [-0.15, -0.1) is 0 Å². The summed E-state index contributed by atoms with van der Waals surface area (Å²) in [5.74, 6) is -0.201. The molecule has 0 aliphatic carbocycles. The molecule has 0 aliphatic heterocycles. The maximum Gasteiger partial charge on any atom is 0.433 e. The zero-order valence-electron chi connectivity index (χ0n) is 12.4. The van der Waals surface area contributed by atoms with Gasteiger partial charge in [0, 0.05) is 12.1 Å². The van der Waals surface area contributed by atoms with Crippen LogP contribution in [0.1, 0.15) is 28.6 Å². The summed E-state index contributed by atoms with van der Waals surface area (Å²) in [6, 6.07) is 9.58. The predicted molar refractivity (Wildman–Crippen MR) is 84.7 cm³/mol. The zero-order valence-corrected chi connectivity index (χ0v) is 12.4. The molecule has 2 N–H and O–H groups in total. The lowest BCUT2D eigenvalue weighted by molar-refractivity contribution is -0.402. The van der Waals surface area contributed by atoms with Crippen LogP contribution in [-0.4, -0.2) is 28.6 Å². The molecule has 1 unspecified atom stereocenters. The number of hydrogen-bond donors (Lipinski definition) is 2. The Kier molecular flexibility index (Phi) is 5.27. The summed E-state index contributed by atoms with van der Waals surface area (Å²) >= 11 is 0. The van der Waals surface area contributed by atoms with Crippen LogP contribution in [0, 0.1) is 10.1 Å². The SMILES string of the molecule is CC(O)CNC(=O)c1ccc(/C=C/c2ccc([N+](=O)[O-])o2)cc1. The minimum absolute atomic E-state index is 0.192. The van der Waals surface area contributed by atoms with Crippen molar-refractivity contribution in [1.29, 1.82) is 0 Å². The molecule has 7 nitrogen and oxygen atoms in total. The van der Waals surface area contributed by atoms with E-state index < -0.39 is 11.0 Å². The smallest absolute Gasteiger partial charge is 0.401 e. The van der Waals surface area contributed by atoms with E-state index >= 15 is 0 Å². The molecule has 0 fully saturated rings. The molecule has 0 bridgehead atoms. The van der Waals surface area contributed by atoms with E-state index in [4.69, 9.17) is 9.52 Å². The number of carbonyl (C=O) groups is 1. The van der Waals surface area contributed by atoms with E-state index in [1.54, 1.807) is 43.3 Å². The summed E-state index contributed by atoms with van der Waals surface area (Å²) < 4.78 is 5.01. The number of rotatable bonds is 6. The van der Waals surface area contributed by atoms with Crippen LogP contribution in [-0.2, 0) is 0 Å². The third-order valence-corrected chi connectivity index (χ3v) is 2.96. The molecule has 120 valence electrons. The number of nitrogens with zero attached hydrogens (tertiary/aromatic N) is 1. The molecule has 1 amide bonds. The van der Waals surface area contributed by atoms with Crippen molar-refractivity contribution in [2.24, 2.45) is 0 Å². The number of aliphatic hydroxyl groups excluding tert-OH is 1. The van der Waals surface area contributed by atoms with Gasteiger partial charge in [-0.1, -0.05) is 18.2 Å². The van der Waals surface area contributed by atoms with Gasteiger partial charge in [0.2, 0.25) is 0 Å². The molecule has 1 heterocycles. The van der Waals surface area contributed by atoms with Gasteiger partial charge in [-0.05, 0) is 36.8 Å². The molecule has 0 saturated carbocycles. The Balaban J connectivity index is 2.00. The van der Waals surface area contributed by atoms with Crippen molar-refractivity contribution < 1.29 is 19.2 Å². The largest absolute Gasteiger partial charge is 0.433 e. The zero-order chi connectivity index (χ0) is 16.8. The van der Waals surface area contributed by atoms with Crippen LogP contribution in [0.4, 0.5) is 5.88 Å². The normalized spacial score (nSPS) is 12.3. The summed E-state index contributed by atoms with van der Waals surface area (Å²) in [5.41, 5.74) is 1.30. The summed E-state index contributed by atoms with van der Waals surface area (Å²) in [4.78, 5) is 21.7. The highest BCUT2D eigenvalue weighted by Gasteiger charge is 2.10. The molecule has 1 aromatic heterocycles. The van der Waals surface area contributed by atoms with Gasteiger partial charge in [-0.3, -0.25) is 14.9 Å². The first-order chi connectivity index (χ1) is 11.0. The highest BCUT2D eigenvalue weighted by atomic mass is 16.6. The maximum absolute atomic E-state index is 11.8. The molecule has 2 rings (SSSR count). The summed E-state index contributed by atoms with van der Waals surface area (Å²) in [6.45, 7) is 1.78. The fraction of sp³-hybridized carbons (Fsp3) is 0.188. The molecule has 0 saturated heterocycles. The van der Waals surface area contributed by atoms with E-state index in [0.29, 0.717) is 11.3 Å². The van der Waals surface area contributed by atoms with Crippen LogP contribution < -0.4 is 5.32 Å². The van der Waals surface area contributed by atoms with Crippen LogP contribution in [0.2, 0.25) is 0 Å². The van der Waals surface area contributed by atoms with Crippen LogP contribution in [0.15, 0.2) is 40.8 Å². The number of nitrogens with one attached hydrogen (secondary N) is 1. The Morgan fingerprint density at radius 3 is 2.57 bits per heavy atom. The van der Waals surface area contributed by atoms with E-state index in [0.717, 1.165) is 5.56 Å². The second-order valence-electron chi connectivity index (χ2n) is 4.95. The molecule has 1 aromatic carbocycles. The fourth-order valence-electron chi connectivity index (χ4n) is 1.80. The Morgan fingerprint density at radius 2 is 2.00 bits per heavy atom. The Labute approximate surface area is 132 Å². The van der Waals surface area contributed by atoms with Crippen LogP contribution in [0.25, 0.3) is 12.2 Å². The number of carbonyl (C=O) groups excluding carboxylic acids is 1. The molecular formula is C16H16N2O5. The molecule has 7 heteroatoms.